The summed E-state index contributed by atoms with van der Waals surface area (Å²) >= 11 is 16.7. The lowest BCUT2D eigenvalue weighted by Gasteiger charge is -2.54. The zero-order chi connectivity index (χ0) is 54.2. The van der Waals surface area contributed by atoms with Gasteiger partial charge < -0.3 is 37.0 Å². The summed E-state index contributed by atoms with van der Waals surface area (Å²) in [6.45, 7) is 27.9. The highest BCUT2D eigenvalue weighted by molar-refractivity contribution is 9.10. The maximum Gasteiger partial charge on any atom is 0.221 e. The van der Waals surface area contributed by atoms with E-state index in [1.165, 1.54) is 74.5 Å². The molecule has 1 N–H and O–H groups in total. The van der Waals surface area contributed by atoms with E-state index < -0.39 is 63.5 Å². The minimum Gasteiger partial charge on any atom is -0.415 e. The van der Waals surface area contributed by atoms with E-state index in [0.29, 0.717) is 35.4 Å². The van der Waals surface area contributed by atoms with E-state index in [1.54, 1.807) is 0 Å². The molecule has 9 rings (SSSR count). The first kappa shape index (κ1) is 64.7. The fourth-order valence-electron chi connectivity index (χ4n) is 12.0. The lowest BCUT2D eigenvalue weighted by atomic mass is 9.86. The molecule has 2 saturated carbocycles. The molecule has 0 amide bonds. The number of aliphatic hydroxyl groups is 1. The summed E-state index contributed by atoms with van der Waals surface area (Å²) in [4.78, 5) is 0. The molecule has 8 nitrogen and oxygen atoms in total. The fraction of sp³-hybridized carbons (Fsp3) is 0.613. The first-order valence-electron chi connectivity index (χ1n) is 27.8. The minimum absolute atomic E-state index is 0. The highest BCUT2D eigenvalue weighted by Gasteiger charge is 2.59. The zero-order valence-electron chi connectivity index (χ0n) is 47.1. The second-order valence-electron chi connectivity index (χ2n) is 26.4. The van der Waals surface area contributed by atoms with Gasteiger partial charge >= 0.3 is 0 Å². The summed E-state index contributed by atoms with van der Waals surface area (Å²) in [6.07, 6.45) is 11.5. The van der Waals surface area contributed by atoms with Crippen molar-refractivity contribution in [2.45, 2.75) is 224 Å². The quantitative estimate of drug-likeness (QED) is 0.111. The molecule has 0 aromatic heterocycles. The number of ether oxygens (including phenoxy) is 3. The van der Waals surface area contributed by atoms with Crippen LogP contribution in [0.5, 0.6) is 0 Å². The molecule has 428 valence electrons. The predicted octanol–water partition coefficient (Wildman–Crippen LogP) is 17.6. The maximum absolute atomic E-state index is 13.0. The third-order valence-electron chi connectivity index (χ3n) is 15.5. The fourth-order valence-corrected chi connectivity index (χ4v) is 16.7. The van der Waals surface area contributed by atoms with Gasteiger partial charge in [0.25, 0.3) is 0 Å². The average Bonchev–Trinajstić information content (AvgIpc) is 4.17. The van der Waals surface area contributed by atoms with E-state index in [2.05, 4.69) is 149 Å². The average molecular weight is 1230 g/mol. The molecule has 4 aromatic carbocycles. The Kier molecular flexibility index (Phi) is 21.8. The first-order chi connectivity index (χ1) is 35.1. The Labute approximate surface area is 488 Å². The molecule has 0 radical (unpaired) electrons. The molecule has 77 heavy (non-hydrogen) atoms. The molecular weight excluding hydrogens is 1140 g/mol. The minimum atomic E-state index is -2.26. The maximum atomic E-state index is 13.0. The van der Waals surface area contributed by atoms with Crippen molar-refractivity contribution in [3.63, 3.8) is 0 Å². The monoisotopic (exact) mass is 1230 g/mol. The molecule has 0 bridgehead atoms. The van der Waals surface area contributed by atoms with Crippen molar-refractivity contribution in [1.82, 2.24) is 0 Å². The number of rotatable bonds is 16. The van der Waals surface area contributed by atoms with Crippen molar-refractivity contribution < 1.29 is 37.0 Å². The van der Waals surface area contributed by atoms with Crippen molar-refractivity contribution in [3.05, 3.63) is 138 Å². The largest absolute Gasteiger partial charge is 0.415 e. The Balaban J connectivity index is 0.000000307. The second-order valence-corrected chi connectivity index (χ2v) is 46.0. The lowest BCUT2D eigenvalue weighted by Crippen LogP contribution is -2.69. The van der Waals surface area contributed by atoms with E-state index in [4.69, 9.17) is 55.1 Å². The molecule has 5 aliphatic rings. The summed E-state index contributed by atoms with van der Waals surface area (Å²) in [7, 11) is -8.51. The summed E-state index contributed by atoms with van der Waals surface area (Å²) in [5, 5.41) is 14.5. The molecule has 5 fully saturated rings. The van der Waals surface area contributed by atoms with E-state index in [0.717, 1.165) is 52.2 Å². The van der Waals surface area contributed by atoms with Gasteiger partial charge in [-0.3, -0.25) is 0 Å². The van der Waals surface area contributed by atoms with Crippen molar-refractivity contribution in [2.24, 2.45) is 0 Å². The van der Waals surface area contributed by atoms with Gasteiger partial charge in [0.05, 0.1) is 31.0 Å². The molecule has 3 unspecified atom stereocenters. The topological polar surface area (TPSA) is 84.8 Å². The van der Waals surface area contributed by atoms with E-state index in [1.807, 2.05) is 30.3 Å². The lowest BCUT2D eigenvalue weighted by molar-refractivity contribution is -0.348. The molecule has 3 heterocycles. The Hall–Kier alpha value is -1.51. The van der Waals surface area contributed by atoms with Crippen LogP contribution in [0.3, 0.4) is 0 Å². The molecule has 15 heteroatoms. The number of halogens is 3. The van der Waals surface area contributed by atoms with E-state index >= 15 is 0 Å². The zero-order valence-corrected chi connectivity index (χ0v) is 54.2. The summed E-state index contributed by atoms with van der Waals surface area (Å²) in [6, 6.07) is 29.7. The van der Waals surface area contributed by atoms with Crippen molar-refractivity contribution in [3.8, 4) is 0 Å². The van der Waals surface area contributed by atoms with Gasteiger partial charge in [0.1, 0.15) is 24.4 Å². The number of hydrogen-bond acceptors (Lipinski definition) is 8. The summed E-state index contributed by atoms with van der Waals surface area (Å²) in [5.74, 6) is -0.825. The normalized spacial score (nSPS) is 26.1. The van der Waals surface area contributed by atoms with Crippen molar-refractivity contribution in [2.75, 3.05) is 19.8 Å². The molecular formula is C62H95BrCl2O8Si4. The Morgan fingerprint density at radius 1 is 0.558 bits per heavy atom. The van der Waals surface area contributed by atoms with Crippen LogP contribution in [-0.2, 0) is 50.5 Å². The standard InChI is InChI=1S/C39H65ClO7Si4.C21H22BrClO.2CH4/c1-48(2,3)43-27-34-35(45-49(4,5)6)36(46-50(7,8)9)37(47-51(10,11)12)39(41,44-34)32-19-20-33(40)30(24-32)23-28-15-17-29(18-16-28)31-25-38(42-26-31)21-13-14-22-38;22-19-7-8-20(23)17(12-19)11-15-3-5-16(6-4-15)18-13-21(24-14-18)9-1-2-10-21;;/h15-20,24,31,34-37,41H,13-14,21-23,25-27H2,1-12H3;3-8,12,18H,1-2,9-11,13-14H2;2*1H4/t31?,34-,35-,36+,37-,39?;;;/m1.../s1. The highest BCUT2D eigenvalue weighted by Crippen LogP contribution is 2.49. The van der Waals surface area contributed by atoms with Gasteiger partial charge in [0, 0.05) is 31.9 Å². The molecule has 4 aromatic rings. The van der Waals surface area contributed by atoms with Crippen LogP contribution in [0.4, 0.5) is 0 Å². The number of benzene rings is 4. The van der Waals surface area contributed by atoms with Crippen LogP contribution in [0.1, 0.15) is 130 Å². The van der Waals surface area contributed by atoms with E-state index in [9.17, 15) is 5.11 Å². The van der Waals surface area contributed by atoms with Crippen LogP contribution in [0.25, 0.3) is 0 Å². The van der Waals surface area contributed by atoms with Gasteiger partial charge in [0.2, 0.25) is 5.79 Å². The number of hydrogen-bond donors (Lipinski definition) is 1. The van der Waals surface area contributed by atoms with Gasteiger partial charge in [-0.1, -0.05) is 134 Å². The van der Waals surface area contributed by atoms with Gasteiger partial charge in [0.15, 0.2) is 33.3 Å². The van der Waals surface area contributed by atoms with Crippen molar-refractivity contribution in [1.29, 1.82) is 0 Å². The first-order valence-corrected chi connectivity index (χ1v) is 43.0. The summed E-state index contributed by atoms with van der Waals surface area (Å²) in [5.41, 5.74) is 8.20. The Morgan fingerprint density at radius 3 is 1.43 bits per heavy atom. The van der Waals surface area contributed by atoms with Crippen LogP contribution in [0.15, 0.2) is 89.4 Å². The van der Waals surface area contributed by atoms with Crippen LogP contribution < -0.4 is 0 Å². The predicted molar refractivity (Wildman–Crippen MR) is 334 cm³/mol. The Bertz CT molecular complexity index is 2530. The van der Waals surface area contributed by atoms with E-state index in [-0.39, 0.29) is 26.1 Å². The molecule has 7 atom stereocenters. The summed E-state index contributed by atoms with van der Waals surface area (Å²) < 4.78 is 47.9. The second kappa shape index (κ2) is 26.0. The van der Waals surface area contributed by atoms with Gasteiger partial charge in [-0.25, -0.2) is 0 Å². The van der Waals surface area contributed by atoms with Crippen LogP contribution in [0.2, 0.25) is 88.6 Å². The smallest absolute Gasteiger partial charge is 0.221 e. The SMILES string of the molecule is C.C.C[Si](C)(C)OC[C@H]1OC(O)(c2ccc(Cl)c(Cc3ccc(C4COC5(CCCC5)C4)cc3)c2)[C@H](O[Si](C)(C)C)[C@@H](O[Si](C)(C)C)[C@@H]1O[Si](C)(C)C.Clc1ccc(Br)cc1Cc1ccc(C2COC3(CCCC3)C2)cc1. The van der Waals surface area contributed by atoms with Crippen LogP contribution in [-0.4, -0.2) is 93.8 Å². The third-order valence-corrected chi connectivity index (χ3v) is 20.6. The third kappa shape index (κ3) is 17.3. The van der Waals surface area contributed by atoms with Gasteiger partial charge in [-0.2, -0.15) is 0 Å². The molecule has 3 aliphatic heterocycles. The van der Waals surface area contributed by atoms with Gasteiger partial charge in [-0.15, -0.1) is 0 Å². The molecule has 2 aliphatic carbocycles. The van der Waals surface area contributed by atoms with Gasteiger partial charge in [-0.05, 0) is 194 Å². The van der Waals surface area contributed by atoms with Crippen LogP contribution >= 0.6 is 39.1 Å². The molecule has 2 spiro atoms. The highest BCUT2D eigenvalue weighted by atomic mass is 79.9. The molecule has 3 saturated heterocycles. The van der Waals surface area contributed by atoms with Crippen LogP contribution in [0, 0.1) is 0 Å². The Morgan fingerprint density at radius 2 is 0.987 bits per heavy atom. The van der Waals surface area contributed by atoms with Crippen molar-refractivity contribution >= 4 is 72.4 Å².